The number of hydrogen-bond donors (Lipinski definition) is 1. The molecule has 4 rings (SSSR count). The van der Waals surface area contributed by atoms with Crippen LogP contribution in [0.3, 0.4) is 0 Å². The maximum absolute atomic E-state index is 12.9. The highest BCUT2D eigenvalue weighted by atomic mass is 32.2. The van der Waals surface area contributed by atoms with Gasteiger partial charge in [0.05, 0.1) is 11.3 Å². The quantitative estimate of drug-likeness (QED) is 0.214. The van der Waals surface area contributed by atoms with Crippen molar-refractivity contribution < 1.29 is 9.53 Å². The lowest BCUT2D eigenvalue weighted by Gasteiger charge is -2.33. The summed E-state index contributed by atoms with van der Waals surface area (Å²) in [5, 5.41) is 22.7. The molecule has 1 unspecified atom stereocenters. The Kier molecular flexibility index (Phi) is 9.11. The average Bonchev–Trinajstić information content (AvgIpc) is 3.44. The van der Waals surface area contributed by atoms with Crippen LogP contribution in [0.4, 0.5) is 5.00 Å². The van der Waals surface area contributed by atoms with E-state index in [-0.39, 0.29) is 29.1 Å². The summed E-state index contributed by atoms with van der Waals surface area (Å²) in [6.07, 6.45) is 4.68. The first-order valence-electron chi connectivity index (χ1n) is 13.6. The summed E-state index contributed by atoms with van der Waals surface area (Å²) in [5.74, 6) is 1.98. The third-order valence-electron chi connectivity index (χ3n) is 7.38. The summed E-state index contributed by atoms with van der Waals surface area (Å²) >= 11 is 2.86. The first-order chi connectivity index (χ1) is 18.9. The van der Waals surface area contributed by atoms with E-state index in [1.807, 2.05) is 16.7 Å². The van der Waals surface area contributed by atoms with Gasteiger partial charge in [0.2, 0.25) is 5.91 Å². The summed E-state index contributed by atoms with van der Waals surface area (Å²) in [5.41, 5.74) is 3.27. The summed E-state index contributed by atoms with van der Waals surface area (Å²) < 4.78 is 7.89. The maximum atomic E-state index is 12.9. The summed E-state index contributed by atoms with van der Waals surface area (Å²) in [4.78, 5) is 14.2. The maximum Gasteiger partial charge on any atom is 0.235 e. The fourth-order valence-corrected chi connectivity index (χ4v) is 6.93. The molecule has 7 nitrogen and oxygen atoms in total. The SMILES string of the molecule is C=CCn1c(COc2ccc(C(C)(C)C)cc2)nnc1SCC(=O)Nc1sc2c(c1C#N)CCC(C(C)(C)C)C2. The molecule has 9 heteroatoms. The van der Waals surface area contributed by atoms with E-state index in [1.54, 1.807) is 17.4 Å². The number of nitriles is 1. The molecule has 0 bridgehead atoms. The van der Waals surface area contributed by atoms with Gasteiger partial charge in [0.1, 0.15) is 23.4 Å². The molecule has 1 amide bonds. The molecule has 212 valence electrons. The minimum atomic E-state index is -0.169. The number of carbonyl (C=O) groups is 1. The first kappa shape index (κ1) is 29.9. The molecule has 0 radical (unpaired) electrons. The molecule has 1 atom stereocenters. The van der Waals surface area contributed by atoms with E-state index in [0.29, 0.717) is 34.0 Å². The molecule has 2 heterocycles. The largest absolute Gasteiger partial charge is 0.486 e. The predicted octanol–water partition coefficient (Wildman–Crippen LogP) is 7.16. The van der Waals surface area contributed by atoms with Gasteiger partial charge in [0, 0.05) is 11.4 Å². The second kappa shape index (κ2) is 12.2. The van der Waals surface area contributed by atoms with Gasteiger partial charge in [-0.25, -0.2) is 0 Å². The van der Waals surface area contributed by atoms with Crippen molar-refractivity contribution in [3.8, 4) is 11.8 Å². The number of thioether (sulfide) groups is 1. The number of hydrogen-bond acceptors (Lipinski definition) is 7. The summed E-state index contributed by atoms with van der Waals surface area (Å²) in [6, 6.07) is 10.4. The van der Waals surface area contributed by atoms with E-state index in [9.17, 15) is 10.1 Å². The van der Waals surface area contributed by atoms with E-state index < -0.39 is 0 Å². The van der Waals surface area contributed by atoms with Crippen LogP contribution in [-0.4, -0.2) is 26.4 Å². The Morgan fingerprint density at radius 3 is 2.60 bits per heavy atom. The second-order valence-electron chi connectivity index (χ2n) is 12.3. The highest BCUT2D eigenvalue weighted by Gasteiger charge is 2.32. The average molecular weight is 578 g/mol. The number of benzene rings is 1. The van der Waals surface area contributed by atoms with Gasteiger partial charge in [-0.05, 0) is 59.3 Å². The van der Waals surface area contributed by atoms with E-state index >= 15 is 0 Å². The number of nitrogens with one attached hydrogen (secondary N) is 1. The molecule has 1 aromatic carbocycles. The number of thiophene rings is 1. The van der Waals surface area contributed by atoms with Gasteiger partial charge < -0.3 is 10.1 Å². The van der Waals surface area contributed by atoms with Gasteiger partial charge in [0.25, 0.3) is 0 Å². The Bertz CT molecular complexity index is 1400. The normalized spacial score (nSPS) is 15.3. The lowest BCUT2D eigenvalue weighted by Crippen LogP contribution is -2.26. The van der Waals surface area contributed by atoms with Crippen LogP contribution in [-0.2, 0) is 36.2 Å². The minimum Gasteiger partial charge on any atom is -0.486 e. The molecule has 0 saturated heterocycles. The Hall–Kier alpha value is -3.09. The van der Waals surface area contributed by atoms with E-state index in [4.69, 9.17) is 4.74 Å². The number of rotatable bonds is 9. The van der Waals surface area contributed by atoms with Crippen molar-refractivity contribution >= 4 is 34.0 Å². The Morgan fingerprint density at radius 2 is 1.98 bits per heavy atom. The van der Waals surface area contributed by atoms with Gasteiger partial charge in [-0.15, -0.1) is 28.1 Å². The molecular weight excluding hydrogens is 539 g/mol. The smallest absolute Gasteiger partial charge is 0.235 e. The molecule has 1 aliphatic rings. The number of carbonyl (C=O) groups excluding carboxylic acids is 1. The van der Waals surface area contributed by atoms with Crippen molar-refractivity contribution in [2.24, 2.45) is 11.3 Å². The van der Waals surface area contributed by atoms with Crippen LogP contribution in [0.1, 0.15) is 75.4 Å². The predicted molar refractivity (Wildman–Crippen MR) is 163 cm³/mol. The minimum absolute atomic E-state index is 0.0788. The number of nitrogens with zero attached hydrogens (tertiary/aromatic N) is 4. The van der Waals surface area contributed by atoms with Crippen LogP contribution < -0.4 is 10.1 Å². The first-order valence-corrected chi connectivity index (χ1v) is 15.4. The van der Waals surface area contributed by atoms with Gasteiger partial charge in [-0.1, -0.05) is 71.5 Å². The number of allylic oxidation sites excluding steroid dienone is 1. The van der Waals surface area contributed by atoms with Crippen molar-refractivity contribution in [3.63, 3.8) is 0 Å². The standard InChI is InChI=1S/C31H39N5O2S2/c1-8-15-36-26(18-38-22-12-9-20(10-13-22)30(2,3)4)34-35-29(36)39-19-27(37)33-28-24(17-32)23-14-11-21(31(5,6)7)16-25(23)40-28/h8-10,12-13,21H,1,11,14-16,18-19H2,2-7H3,(H,33,37). The number of ether oxygens (including phenoxy) is 1. The molecule has 3 aromatic rings. The zero-order valence-electron chi connectivity index (χ0n) is 24.3. The number of anilines is 1. The van der Waals surface area contributed by atoms with Crippen molar-refractivity contribution in [3.05, 3.63) is 64.3 Å². The monoisotopic (exact) mass is 577 g/mol. The molecule has 0 aliphatic heterocycles. The third kappa shape index (κ3) is 6.97. The molecule has 2 aromatic heterocycles. The van der Waals surface area contributed by atoms with Crippen LogP contribution in [0.25, 0.3) is 0 Å². The third-order valence-corrected chi connectivity index (χ3v) is 9.52. The number of fused-ring (bicyclic) bond motifs is 1. The van der Waals surface area contributed by atoms with Crippen molar-refractivity contribution in [2.45, 2.75) is 84.5 Å². The van der Waals surface area contributed by atoms with Crippen LogP contribution >= 0.6 is 23.1 Å². The molecule has 0 fully saturated rings. The van der Waals surface area contributed by atoms with Gasteiger partial charge >= 0.3 is 0 Å². The van der Waals surface area contributed by atoms with E-state index in [2.05, 4.69) is 81.8 Å². The second-order valence-corrected chi connectivity index (χ2v) is 14.4. The lowest BCUT2D eigenvalue weighted by molar-refractivity contribution is -0.113. The van der Waals surface area contributed by atoms with E-state index in [1.165, 1.54) is 22.2 Å². The van der Waals surface area contributed by atoms with Crippen LogP contribution in [0.2, 0.25) is 0 Å². The van der Waals surface area contributed by atoms with Crippen molar-refractivity contribution in [2.75, 3.05) is 11.1 Å². The zero-order chi connectivity index (χ0) is 29.1. The number of amides is 1. The Morgan fingerprint density at radius 1 is 1.25 bits per heavy atom. The van der Waals surface area contributed by atoms with Gasteiger partial charge in [-0.2, -0.15) is 5.26 Å². The van der Waals surface area contributed by atoms with E-state index in [0.717, 1.165) is 30.6 Å². The molecule has 0 saturated carbocycles. The molecule has 40 heavy (non-hydrogen) atoms. The van der Waals surface area contributed by atoms with Gasteiger partial charge in [0.15, 0.2) is 11.0 Å². The molecule has 1 aliphatic carbocycles. The zero-order valence-corrected chi connectivity index (χ0v) is 26.0. The topological polar surface area (TPSA) is 92.8 Å². The Balaban J connectivity index is 1.39. The summed E-state index contributed by atoms with van der Waals surface area (Å²) in [6.45, 7) is 18.0. The van der Waals surface area contributed by atoms with Gasteiger partial charge in [-0.3, -0.25) is 9.36 Å². The highest BCUT2D eigenvalue weighted by Crippen LogP contribution is 2.44. The van der Waals surface area contributed by atoms with Crippen LogP contribution in [0.15, 0.2) is 42.1 Å². The molecule has 1 N–H and O–H groups in total. The fraction of sp³-hybridized carbons (Fsp3) is 0.484. The number of aromatic nitrogens is 3. The van der Waals surface area contributed by atoms with Crippen LogP contribution in [0, 0.1) is 22.7 Å². The van der Waals surface area contributed by atoms with Crippen LogP contribution in [0.5, 0.6) is 5.75 Å². The molecular formula is C31H39N5O2S2. The lowest BCUT2D eigenvalue weighted by atomic mass is 9.72. The fourth-order valence-electron chi connectivity index (χ4n) is 4.87. The highest BCUT2D eigenvalue weighted by molar-refractivity contribution is 7.99. The van der Waals surface area contributed by atoms with Crippen molar-refractivity contribution in [1.82, 2.24) is 14.8 Å². The summed E-state index contributed by atoms with van der Waals surface area (Å²) in [7, 11) is 0. The Labute approximate surface area is 246 Å². The van der Waals surface area contributed by atoms with Crippen molar-refractivity contribution in [1.29, 1.82) is 5.26 Å². The molecule has 0 spiro atoms.